The van der Waals surface area contributed by atoms with Crippen molar-refractivity contribution in [1.29, 1.82) is 0 Å². The van der Waals surface area contributed by atoms with Crippen LogP contribution in [0.5, 0.6) is 0 Å². The number of fused-ring (bicyclic) bond motifs is 1. The lowest BCUT2D eigenvalue weighted by molar-refractivity contribution is 0.0758. The summed E-state index contributed by atoms with van der Waals surface area (Å²) in [4.78, 5) is 21.1. The predicted octanol–water partition coefficient (Wildman–Crippen LogP) is 3.51. The van der Waals surface area contributed by atoms with Crippen molar-refractivity contribution in [3.8, 4) is 0 Å². The lowest BCUT2D eigenvalue weighted by Gasteiger charge is -2.32. The minimum Gasteiger partial charge on any atom is -0.423 e. The molecule has 148 valence electrons. The number of piperidine rings is 1. The molecule has 1 saturated heterocycles. The number of halogens is 1. The maximum atomic E-state index is 12.6. The third-order valence-corrected chi connectivity index (χ3v) is 5.67. The van der Waals surface area contributed by atoms with Crippen LogP contribution in [-0.4, -0.2) is 52.3 Å². The number of carbonyl (C=O) groups excluding carboxylic acids is 1. The molecule has 0 N–H and O–H groups in total. The van der Waals surface area contributed by atoms with E-state index in [1.54, 1.807) is 15.6 Å². The average Bonchev–Trinajstić information content (AvgIpc) is 3.24. The summed E-state index contributed by atoms with van der Waals surface area (Å²) in [5.41, 5.74) is 3.01. The summed E-state index contributed by atoms with van der Waals surface area (Å²) >= 11 is 6.02. The highest BCUT2D eigenvalue weighted by Crippen LogP contribution is 2.28. The van der Waals surface area contributed by atoms with Crippen LogP contribution in [0, 0.1) is 12.8 Å². The summed E-state index contributed by atoms with van der Waals surface area (Å²) in [5, 5.41) is 4.93. The van der Waals surface area contributed by atoms with Gasteiger partial charge in [0.15, 0.2) is 11.3 Å². The molecule has 28 heavy (non-hydrogen) atoms. The molecule has 0 radical (unpaired) electrons. The van der Waals surface area contributed by atoms with Gasteiger partial charge in [0.05, 0.1) is 0 Å². The minimum absolute atomic E-state index is 0.0260. The molecule has 0 spiro atoms. The summed E-state index contributed by atoms with van der Waals surface area (Å²) in [5.74, 6) is 0.427. The molecule has 7 nitrogen and oxygen atoms in total. The largest absolute Gasteiger partial charge is 0.423 e. The Morgan fingerprint density at radius 3 is 2.75 bits per heavy atom. The molecule has 3 heterocycles. The molecule has 0 atom stereocenters. The number of hydrogen-bond donors (Lipinski definition) is 0. The van der Waals surface area contributed by atoms with E-state index in [1.807, 2.05) is 39.2 Å². The lowest BCUT2D eigenvalue weighted by Crippen LogP contribution is -2.39. The van der Waals surface area contributed by atoms with Gasteiger partial charge < -0.3 is 14.2 Å². The van der Waals surface area contributed by atoms with Gasteiger partial charge in [-0.2, -0.15) is 10.1 Å². The Morgan fingerprint density at radius 2 is 2.07 bits per heavy atom. The molecule has 1 amide bonds. The minimum atomic E-state index is -0.0260. The highest BCUT2D eigenvalue weighted by atomic mass is 35.5. The Hall–Kier alpha value is -2.54. The van der Waals surface area contributed by atoms with Crippen LogP contribution in [0.2, 0.25) is 5.02 Å². The molecule has 0 unspecified atom stereocenters. The van der Waals surface area contributed by atoms with Crippen LogP contribution in [0.15, 0.2) is 28.7 Å². The van der Waals surface area contributed by atoms with Gasteiger partial charge in [-0.05, 0) is 43.9 Å². The molecule has 0 bridgehead atoms. The van der Waals surface area contributed by atoms with Crippen molar-refractivity contribution in [2.75, 3.05) is 31.6 Å². The van der Waals surface area contributed by atoms with Gasteiger partial charge in [0, 0.05) is 50.5 Å². The monoisotopic (exact) mass is 401 g/mol. The normalized spacial score (nSPS) is 15.4. The second kappa shape index (κ2) is 7.47. The van der Waals surface area contributed by atoms with Crippen LogP contribution in [0.1, 0.15) is 29.0 Å². The van der Waals surface area contributed by atoms with Gasteiger partial charge in [0.25, 0.3) is 11.9 Å². The molecular formula is C20H24ClN5O2. The Balaban J connectivity index is 1.35. The first-order valence-electron chi connectivity index (χ1n) is 9.48. The first-order valence-corrected chi connectivity index (χ1v) is 9.85. The summed E-state index contributed by atoms with van der Waals surface area (Å²) < 4.78 is 7.60. The number of rotatable bonds is 4. The molecule has 1 aliphatic heterocycles. The molecule has 3 aromatic rings. The maximum absolute atomic E-state index is 12.6. The molecule has 0 aliphatic carbocycles. The predicted molar refractivity (Wildman–Crippen MR) is 109 cm³/mol. The highest BCUT2D eigenvalue weighted by molar-refractivity contribution is 6.31. The van der Waals surface area contributed by atoms with Gasteiger partial charge in [-0.1, -0.05) is 11.6 Å². The number of anilines is 1. The van der Waals surface area contributed by atoms with E-state index < -0.39 is 0 Å². The molecular weight excluding hydrogens is 378 g/mol. The number of oxazole rings is 1. The quantitative estimate of drug-likeness (QED) is 0.669. The molecule has 2 aromatic heterocycles. The third-order valence-electron chi connectivity index (χ3n) is 5.44. The fraction of sp³-hybridized carbons (Fsp3) is 0.450. The summed E-state index contributed by atoms with van der Waals surface area (Å²) in [6, 6.07) is 7.96. The van der Waals surface area contributed by atoms with E-state index in [4.69, 9.17) is 16.0 Å². The van der Waals surface area contributed by atoms with E-state index in [1.165, 1.54) is 0 Å². The fourth-order valence-electron chi connectivity index (χ4n) is 3.66. The van der Waals surface area contributed by atoms with Crippen molar-refractivity contribution in [1.82, 2.24) is 19.7 Å². The van der Waals surface area contributed by atoms with E-state index in [0.717, 1.165) is 43.7 Å². The average molecular weight is 402 g/mol. The van der Waals surface area contributed by atoms with Gasteiger partial charge in [-0.15, -0.1) is 0 Å². The van der Waals surface area contributed by atoms with E-state index in [0.29, 0.717) is 28.2 Å². The van der Waals surface area contributed by atoms with E-state index >= 15 is 0 Å². The highest BCUT2D eigenvalue weighted by Gasteiger charge is 2.25. The Bertz CT molecular complexity index is 984. The summed E-state index contributed by atoms with van der Waals surface area (Å²) in [6.45, 7) is 4.39. The van der Waals surface area contributed by atoms with Gasteiger partial charge >= 0.3 is 0 Å². The smallest absolute Gasteiger partial charge is 0.298 e. The number of hydrogen-bond acceptors (Lipinski definition) is 5. The zero-order valence-electron chi connectivity index (χ0n) is 16.4. The molecule has 8 heteroatoms. The van der Waals surface area contributed by atoms with Crippen molar-refractivity contribution in [2.24, 2.45) is 13.0 Å². The van der Waals surface area contributed by atoms with Crippen LogP contribution in [-0.2, 0) is 7.05 Å². The van der Waals surface area contributed by atoms with Gasteiger partial charge in [-0.25, -0.2) is 0 Å². The molecule has 0 saturated carbocycles. The number of nitrogens with zero attached hydrogens (tertiary/aromatic N) is 5. The maximum Gasteiger partial charge on any atom is 0.298 e. The Morgan fingerprint density at radius 1 is 1.32 bits per heavy atom. The summed E-state index contributed by atoms with van der Waals surface area (Å²) in [7, 11) is 3.70. The SMILES string of the molecule is Cc1cc(C(=O)N(C)CC2CCN(c3nc4ccc(Cl)cc4o3)CC2)nn1C. The van der Waals surface area contributed by atoms with Crippen molar-refractivity contribution in [3.63, 3.8) is 0 Å². The second-order valence-electron chi connectivity index (χ2n) is 7.52. The molecule has 1 aliphatic rings. The number of amides is 1. The van der Waals surface area contributed by atoms with Crippen molar-refractivity contribution < 1.29 is 9.21 Å². The van der Waals surface area contributed by atoms with Crippen LogP contribution < -0.4 is 4.90 Å². The lowest BCUT2D eigenvalue weighted by atomic mass is 9.96. The topological polar surface area (TPSA) is 67.4 Å². The molecule has 4 rings (SSSR count). The number of aryl methyl sites for hydroxylation is 2. The zero-order valence-corrected chi connectivity index (χ0v) is 17.1. The number of benzene rings is 1. The van der Waals surface area contributed by atoms with Gasteiger partial charge in [0.2, 0.25) is 0 Å². The van der Waals surface area contributed by atoms with E-state index in [2.05, 4.69) is 15.0 Å². The van der Waals surface area contributed by atoms with Gasteiger partial charge in [-0.3, -0.25) is 9.48 Å². The van der Waals surface area contributed by atoms with Crippen molar-refractivity contribution >= 4 is 34.6 Å². The fourth-order valence-corrected chi connectivity index (χ4v) is 3.82. The Labute approximate surface area is 168 Å². The standard InChI is InChI=1S/C20H24ClN5O2/c1-13-10-17(23-25(13)3)19(27)24(2)12-14-6-8-26(9-7-14)20-22-16-5-4-15(21)11-18(16)28-20/h4-5,10-11,14H,6-9,12H2,1-3H3. The third kappa shape index (κ3) is 3.71. The first-order chi connectivity index (χ1) is 13.4. The van der Waals surface area contributed by atoms with Crippen LogP contribution in [0.4, 0.5) is 6.01 Å². The van der Waals surface area contributed by atoms with Crippen LogP contribution >= 0.6 is 11.6 Å². The Kier molecular flexibility index (Phi) is 5.02. The first kappa shape index (κ1) is 18.8. The number of carbonyl (C=O) groups is 1. The van der Waals surface area contributed by atoms with Crippen molar-refractivity contribution in [2.45, 2.75) is 19.8 Å². The molecule has 1 aromatic carbocycles. The van der Waals surface area contributed by atoms with Crippen LogP contribution in [0.25, 0.3) is 11.1 Å². The van der Waals surface area contributed by atoms with Crippen molar-refractivity contribution in [3.05, 3.63) is 40.7 Å². The second-order valence-corrected chi connectivity index (χ2v) is 7.96. The van der Waals surface area contributed by atoms with E-state index in [9.17, 15) is 4.79 Å². The zero-order chi connectivity index (χ0) is 19.8. The van der Waals surface area contributed by atoms with E-state index in [-0.39, 0.29) is 5.91 Å². The summed E-state index contributed by atoms with van der Waals surface area (Å²) in [6.07, 6.45) is 1.97. The van der Waals surface area contributed by atoms with Crippen LogP contribution in [0.3, 0.4) is 0 Å². The number of aromatic nitrogens is 3. The molecule has 1 fully saturated rings. The van der Waals surface area contributed by atoms with Gasteiger partial charge in [0.1, 0.15) is 5.52 Å².